The molecule has 1 heterocycles. The van der Waals surface area contributed by atoms with Gasteiger partial charge in [-0.3, -0.25) is 4.98 Å². The summed E-state index contributed by atoms with van der Waals surface area (Å²) >= 11 is 5.80. The molecule has 0 amide bonds. The van der Waals surface area contributed by atoms with Crippen molar-refractivity contribution in [2.24, 2.45) is 0 Å². The monoisotopic (exact) mass is 240 g/mol. The molecule has 1 aliphatic carbocycles. The molecule has 16 heavy (non-hydrogen) atoms. The van der Waals surface area contributed by atoms with Crippen molar-refractivity contribution in [1.29, 1.82) is 0 Å². The number of hydrogen-bond acceptors (Lipinski definition) is 3. The molecule has 4 heteroatoms. The fourth-order valence-corrected chi connectivity index (χ4v) is 1.85. The van der Waals surface area contributed by atoms with Gasteiger partial charge in [-0.2, -0.15) is 0 Å². The van der Waals surface area contributed by atoms with Gasteiger partial charge in [-0.15, -0.1) is 11.6 Å². The van der Waals surface area contributed by atoms with Crippen LogP contribution in [0.15, 0.2) is 18.5 Å². The molecule has 1 aromatic heterocycles. The van der Waals surface area contributed by atoms with Crippen molar-refractivity contribution in [2.45, 2.75) is 24.8 Å². The molecule has 0 spiro atoms. The Balaban J connectivity index is 1.79. The largest absolute Gasteiger partial charge is 0.492 e. The lowest BCUT2D eigenvalue weighted by atomic mass is 10.3. The van der Waals surface area contributed by atoms with Crippen LogP contribution >= 0.6 is 11.6 Å². The number of halogens is 1. The first-order chi connectivity index (χ1) is 7.81. The number of pyridine rings is 1. The van der Waals surface area contributed by atoms with Crippen LogP contribution in [0.4, 0.5) is 0 Å². The van der Waals surface area contributed by atoms with Crippen LogP contribution in [0.25, 0.3) is 0 Å². The summed E-state index contributed by atoms with van der Waals surface area (Å²) in [6, 6.07) is 2.66. The van der Waals surface area contributed by atoms with Gasteiger partial charge in [0.05, 0.1) is 5.88 Å². The van der Waals surface area contributed by atoms with Gasteiger partial charge in [-0.1, -0.05) is 0 Å². The molecule has 3 nitrogen and oxygen atoms in total. The minimum Gasteiger partial charge on any atom is -0.492 e. The van der Waals surface area contributed by atoms with Crippen molar-refractivity contribution < 1.29 is 4.74 Å². The van der Waals surface area contributed by atoms with Crippen LogP contribution in [0, 0.1) is 0 Å². The van der Waals surface area contributed by atoms with E-state index in [0.29, 0.717) is 12.5 Å². The SMILES string of the molecule is CN(CCOc1ccncc1CCl)C1CC1. The molecule has 0 bridgehead atoms. The Kier molecular flexibility index (Phi) is 4.02. The highest BCUT2D eigenvalue weighted by atomic mass is 35.5. The molecule has 0 aliphatic heterocycles. The van der Waals surface area contributed by atoms with E-state index >= 15 is 0 Å². The van der Waals surface area contributed by atoms with E-state index in [-0.39, 0.29) is 0 Å². The lowest BCUT2D eigenvalue weighted by Gasteiger charge is -2.16. The first-order valence-corrected chi connectivity index (χ1v) is 6.16. The molecule has 0 unspecified atom stereocenters. The zero-order valence-electron chi connectivity index (χ0n) is 9.53. The second kappa shape index (κ2) is 5.51. The molecule has 1 aliphatic rings. The Hall–Kier alpha value is -0.800. The Labute approximate surface area is 101 Å². The van der Waals surface area contributed by atoms with Gasteiger partial charge < -0.3 is 9.64 Å². The second-order valence-corrected chi connectivity index (χ2v) is 4.44. The molecule has 0 aromatic carbocycles. The van der Waals surface area contributed by atoms with Crippen molar-refractivity contribution in [1.82, 2.24) is 9.88 Å². The van der Waals surface area contributed by atoms with E-state index in [1.54, 1.807) is 12.4 Å². The van der Waals surface area contributed by atoms with Gasteiger partial charge in [-0.05, 0) is 26.0 Å². The summed E-state index contributed by atoms with van der Waals surface area (Å²) in [5, 5.41) is 0. The second-order valence-electron chi connectivity index (χ2n) is 4.18. The van der Waals surface area contributed by atoms with Crippen LogP contribution < -0.4 is 4.74 Å². The smallest absolute Gasteiger partial charge is 0.126 e. The zero-order chi connectivity index (χ0) is 11.4. The Morgan fingerprint density at radius 2 is 2.38 bits per heavy atom. The first kappa shape index (κ1) is 11.7. The lowest BCUT2D eigenvalue weighted by molar-refractivity contribution is 0.231. The third-order valence-corrected chi connectivity index (χ3v) is 3.16. The standard InChI is InChI=1S/C12H17ClN2O/c1-15(11-2-3-11)6-7-16-12-4-5-14-9-10(12)8-13/h4-5,9,11H,2-3,6-8H2,1H3. The molecule has 1 fully saturated rings. The number of ether oxygens (including phenoxy) is 1. The van der Waals surface area contributed by atoms with Crippen LogP contribution in [0.3, 0.4) is 0 Å². The van der Waals surface area contributed by atoms with Crippen molar-refractivity contribution >= 4 is 11.6 Å². The number of hydrogen-bond donors (Lipinski definition) is 0. The van der Waals surface area contributed by atoms with Crippen LogP contribution in [0.1, 0.15) is 18.4 Å². The van der Waals surface area contributed by atoms with Gasteiger partial charge in [0.1, 0.15) is 12.4 Å². The predicted molar refractivity (Wildman–Crippen MR) is 64.9 cm³/mol. The van der Waals surface area contributed by atoms with E-state index in [1.807, 2.05) is 6.07 Å². The van der Waals surface area contributed by atoms with Crippen molar-refractivity contribution in [3.63, 3.8) is 0 Å². The van der Waals surface area contributed by atoms with Crippen molar-refractivity contribution in [3.8, 4) is 5.75 Å². The highest BCUT2D eigenvalue weighted by molar-refractivity contribution is 6.17. The van der Waals surface area contributed by atoms with Gasteiger partial charge in [0.15, 0.2) is 0 Å². The van der Waals surface area contributed by atoms with Crippen LogP contribution in [-0.2, 0) is 5.88 Å². The van der Waals surface area contributed by atoms with E-state index < -0.39 is 0 Å². The maximum absolute atomic E-state index is 5.80. The summed E-state index contributed by atoms with van der Waals surface area (Å²) < 4.78 is 5.71. The number of rotatable bonds is 6. The molecule has 1 saturated carbocycles. The molecule has 0 atom stereocenters. The van der Waals surface area contributed by atoms with E-state index in [4.69, 9.17) is 16.3 Å². The number of nitrogens with zero attached hydrogens (tertiary/aromatic N) is 2. The van der Waals surface area contributed by atoms with Gasteiger partial charge in [0.25, 0.3) is 0 Å². The summed E-state index contributed by atoms with van der Waals surface area (Å²) in [5.41, 5.74) is 0.957. The molecular weight excluding hydrogens is 224 g/mol. The normalized spacial score (nSPS) is 15.4. The Morgan fingerprint density at radius 3 is 3.06 bits per heavy atom. The quantitative estimate of drug-likeness (QED) is 0.714. The van der Waals surface area contributed by atoms with Gasteiger partial charge in [0, 0.05) is 30.5 Å². The summed E-state index contributed by atoms with van der Waals surface area (Å²) in [7, 11) is 2.15. The average molecular weight is 241 g/mol. The van der Waals surface area contributed by atoms with Crippen LogP contribution in [-0.4, -0.2) is 36.1 Å². The van der Waals surface area contributed by atoms with E-state index in [2.05, 4.69) is 16.9 Å². The molecule has 0 radical (unpaired) electrons. The number of likely N-dealkylation sites (N-methyl/N-ethyl adjacent to an activating group) is 1. The maximum atomic E-state index is 5.80. The highest BCUT2D eigenvalue weighted by Crippen LogP contribution is 2.25. The topological polar surface area (TPSA) is 25.4 Å². The van der Waals surface area contributed by atoms with Crippen LogP contribution in [0.5, 0.6) is 5.75 Å². The molecule has 1 aromatic rings. The van der Waals surface area contributed by atoms with Crippen LogP contribution in [0.2, 0.25) is 0 Å². The summed E-state index contributed by atoms with van der Waals surface area (Å²) in [4.78, 5) is 6.37. The average Bonchev–Trinajstić information content (AvgIpc) is 3.13. The molecule has 88 valence electrons. The summed E-state index contributed by atoms with van der Waals surface area (Å²) in [6.07, 6.45) is 6.15. The number of alkyl halides is 1. The summed E-state index contributed by atoms with van der Waals surface area (Å²) in [6.45, 7) is 1.68. The van der Waals surface area contributed by atoms with E-state index in [1.165, 1.54) is 12.8 Å². The van der Waals surface area contributed by atoms with E-state index in [9.17, 15) is 0 Å². The third kappa shape index (κ3) is 3.09. The van der Waals surface area contributed by atoms with Crippen molar-refractivity contribution in [2.75, 3.05) is 20.2 Å². The molecular formula is C12H17ClN2O. The fourth-order valence-electron chi connectivity index (χ4n) is 1.65. The van der Waals surface area contributed by atoms with Gasteiger partial charge >= 0.3 is 0 Å². The molecule has 0 saturated heterocycles. The highest BCUT2D eigenvalue weighted by Gasteiger charge is 2.25. The van der Waals surface area contributed by atoms with Crippen molar-refractivity contribution in [3.05, 3.63) is 24.0 Å². The van der Waals surface area contributed by atoms with E-state index in [0.717, 1.165) is 23.9 Å². The van der Waals surface area contributed by atoms with Gasteiger partial charge in [0.2, 0.25) is 0 Å². The summed E-state index contributed by atoms with van der Waals surface area (Å²) in [5.74, 6) is 1.30. The molecule has 2 rings (SSSR count). The van der Waals surface area contributed by atoms with Gasteiger partial charge in [-0.25, -0.2) is 0 Å². The Bertz CT molecular complexity index is 342. The zero-order valence-corrected chi connectivity index (χ0v) is 10.3. The maximum Gasteiger partial charge on any atom is 0.126 e. The fraction of sp³-hybridized carbons (Fsp3) is 0.583. The molecule has 0 N–H and O–H groups in total. The lowest BCUT2D eigenvalue weighted by Crippen LogP contribution is -2.26. The minimum absolute atomic E-state index is 0.446. The first-order valence-electron chi connectivity index (χ1n) is 5.63. The third-order valence-electron chi connectivity index (χ3n) is 2.87. The predicted octanol–water partition coefficient (Wildman–Crippen LogP) is 2.29. The number of aromatic nitrogens is 1. The minimum atomic E-state index is 0.446. The Morgan fingerprint density at radius 1 is 1.56 bits per heavy atom.